The van der Waals surface area contributed by atoms with Gasteiger partial charge in [0.05, 0.1) is 6.54 Å². The van der Waals surface area contributed by atoms with Crippen LogP contribution in [0, 0.1) is 6.92 Å². The molecule has 0 amide bonds. The highest BCUT2D eigenvalue weighted by molar-refractivity contribution is 5.86. The topological polar surface area (TPSA) is 89.3 Å². The van der Waals surface area contributed by atoms with Crippen molar-refractivity contribution in [2.24, 2.45) is 5.73 Å². The number of nitrogens with two attached hydrogens (primary N) is 1. The lowest BCUT2D eigenvalue weighted by atomic mass is 10.3. The molecule has 0 saturated heterocycles. The summed E-state index contributed by atoms with van der Waals surface area (Å²) in [6.45, 7) is 1.63. The van der Waals surface area contributed by atoms with E-state index in [4.69, 9.17) is 15.3 Å². The highest BCUT2D eigenvalue weighted by Gasteiger charge is 2.15. The number of aryl methyl sites for hydroxylation is 1. The normalized spacial score (nSPS) is 10.0. The number of aromatic carboxylic acids is 1. The van der Waals surface area contributed by atoms with Crippen molar-refractivity contribution in [2.45, 2.75) is 13.5 Å². The lowest BCUT2D eigenvalue weighted by Crippen LogP contribution is -2.04. The van der Waals surface area contributed by atoms with E-state index in [0.29, 0.717) is 5.89 Å². The summed E-state index contributed by atoms with van der Waals surface area (Å²) in [5, 5.41) is 8.53. The fourth-order valence-electron chi connectivity index (χ4n) is 0.775. The molecule has 0 aliphatic rings. The van der Waals surface area contributed by atoms with Crippen LogP contribution in [0.25, 0.3) is 0 Å². The maximum Gasteiger partial charge on any atom is 0.358 e. The lowest BCUT2D eigenvalue weighted by Gasteiger charge is -1.88. The van der Waals surface area contributed by atoms with Gasteiger partial charge in [-0.25, -0.2) is 9.78 Å². The Bertz CT molecular complexity index is 279. The molecule has 0 spiro atoms. The second-order valence-corrected chi connectivity index (χ2v) is 2.01. The van der Waals surface area contributed by atoms with Gasteiger partial charge in [0.25, 0.3) is 0 Å². The van der Waals surface area contributed by atoms with Crippen molar-refractivity contribution in [1.82, 2.24) is 4.98 Å². The zero-order valence-corrected chi connectivity index (χ0v) is 6.00. The average molecular weight is 156 g/mol. The van der Waals surface area contributed by atoms with Crippen molar-refractivity contribution in [3.05, 3.63) is 17.3 Å². The number of rotatable bonds is 2. The van der Waals surface area contributed by atoms with Crippen LogP contribution in [0.2, 0.25) is 0 Å². The van der Waals surface area contributed by atoms with Crippen molar-refractivity contribution in [2.75, 3.05) is 0 Å². The standard InChI is InChI=1S/C6H8N2O3/c1-3-8-5(6(9)10)4(2-7)11-3/h2,7H2,1H3,(H,9,10). The molecule has 0 saturated carbocycles. The molecule has 1 rings (SSSR count). The number of hydrogen-bond donors (Lipinski definition) is 2. The Morgan fingerprint density at radius 2 is 2.45 bits per heavy atom. The highest BCUT2D eigenvalue weighted by atomic mass is 16.4. The largest absolute Gasteiger partial charge is 0.476 e. The van der Waals surface area contributed by atoms with Gasteiger partial charge in [0.2, 0.25) is 0 Å². The van der Waals surface area contributed by atoms with Crippen molar-refractivity contribution in [3.63, 3.8) is 0 Å². The number of carboxylic acids is 1. The molecule has 60 valence electrons. The molecule has 1 aromatic rings. The summed E-state index contributed by atoms with van der Waals surface area (Å²) in [6.07, 6.45) is 0. The van der Waals surface area contributed by atoms with Gasteiger partial charge < -0.3 is 15.3 Å². The molecular weight excluding hydrogens is 148 g/mol. The van der Waals surface area contributed by atoms with Crippen molar-refractivity contribution in [3.8, 4) is 0 Å². The van der Waals surface area contributed by atoms with Crippen LogP contribution in [0.15, 0.2) is 4.42 Å². The molecule has 0 aromatic carbocycles. The van der Waals surface area contributed by atoms with E-state index < -0.39 is 5.97 Å². The predicted molar refractivity (Wildman–Crippen MR) is 36.1 cm³/mol. The highest BCUT2D eigenvalue weighted by Crippen LogP contribution is 2.08. The third kappa shape index (κ3) is 1.38. The number of aromatic nitrogens is 1. The van der Waals surface area contributed by atoms with E-state index in [0.717, 1.165) is 0 Å². The molecule has 0 bridgehead atoms. The van der Waals surface area contributed by atoms with Gasteiger partial charge in [0, 0.05) is 6.92 Å². The van der Waals surface area contributed by atoms with E-state index >= 15 is 0 Å². The Labute approximate surface area is 62.8 Å². The minimum Gasteiger partial charge on any atom is -0.476 e. The lowest BCUT2D eigenvalue weighted by molar-refractivity contribution is 0.0689. The molecule has 5 nitrogen and oxygen atoms in total. The Morgan fingerprint density at radius 3 is 2.82 bits per heavy atom. The molecule has 1 aromatic heterocycles. The van der Waals surface area contributed by atoms with E-state index in [1.54, 1.807) is 6.92 Å². The van der Waals surface area contributed by atoms with Crippen LogP contribution in [-0.4, -0.2) is 16.1 Å². The molecule has 1 heterocycles. The van der Waals surface area contributed by atoms with E-state index in [1.165, 1.54) is 0 Å². The molecule has 5 heteroatoms. The third-order valence-corrected chi connectivity index (χ3v) is 1.19. The van der Waals surface area contributed by atoms with E-state index in [-0.39, 0.29) is 18.0 Å². The Balaban J connectivity index is 3.12. The summed E-state index contributed by atoms with van der Waals surface area (Å²) >= 11 is 0. The number of oxazole rings is 1. The molecule has 0 fully saturated rings. The van der Waals surface area contributed by atoms with Gasteiger partial charge in [-0.1, -0.05) is 0 Å². The summed E-state index contributed by atoms with van der Waals surface area (Å²) in [4.78, 5) is 14.1. The first-order chi connectivity index (χ1) is 5.15. The van der Waals surface area contributed by atoms with Gasteiger partial charge in [-0.2, -0.15) is 0 Å². The summed E-state index contributed by atoms with van der Waals surface area (Å²) in [6, 6.07) is 0. The number of carboxylic acid groups (broad SMARTS) is 1. The zero-order valence-electron chi connectivity index (χ0n) is 6.00. The van der Waals surface area contributed by atoms with Crippen LogP contribution in [0.5, 0.6) is 0 Å². The Morgan fingerprint density at radius 1 is 1.82 bits per heavy atom. The molecule has 0 unspecified atom stereocenters. The first-order valence-electron chi connectivity index (χ1n) is 3.04. The molecular formula is C6H8N2O3. The molecule has 3 N–H and O–H groups in total. The minimum atomic E-state index is -1.11. The quantitative estimate of drug-likeness (QED) is 0.635. The van der Waals surface area contributed by atoms with Crippen molar-refractivity contribution >= 4 is 5.97 Å². The van der Waals surface area contributed by atoms with Gasteiger partial charge in [0.1, 0.15) is 0 Å². The molecule has 0 aliphatic carbocycles. The summed E-state index contributed by atoms with van der Waals surface area (Å²) in [7, 11) is 0. The van der Waals surface area contributed by atoms with Crippen molar-refractivity contribution in [1.29, 1.82) is 0 Å². The predicted octanol–water partition coefficient (Wildman–Crippen LogP) is 0.140. The van der Waals surface area contributed by atoms with Crippen LogP contribution in [0.1, 0.15) is 22.1 Å². The average Bonchev–Trinajstić information content (AvgIpc) is 2.30. The summed E-state index contributed by atoms with van der Waals surface area (Å²) in [5.74, 6) is -0.569. The van der Waals surface area contributed by atoms with Crippen LogP contribution >= 0.6 is 0 Å². The maximum atomic E-state index is 10.4. The van der Waals surface area contributed by atoms with Gasteiger partial charge >= 0.3 is 5.97 Å². The van der Waals surface area contributed by atoms with Crippen LogP contribution < -0.4 is 5.73 Å². The molecule has 0 radical (unpaired) electrons. The number of carbonyl (C=O) groups is 1. The first-order valence-corrected chi connectivity index (χ1v) is 3.04. The molecule has 0 atom stereocenters. The Kier molecular flexibility index (Phi) is 1.91. The fourth-order valence-corrected chi connectivity index (χ4v) is 0.775. The van der Waals surface area contributed by atoms with Gasteiger partial charge in [-0.3, -0.25) is 0 Å². The summed E-state index contributed by atoms with van der Waals surface area (Å²) < 4.78 is 4.91. The summed E-state index contributed by atoms with van der Waals surface area (Å²) in [5.41, 5.74) is 5.11. The second-order valence-electron chi connectivity index (χ2n) is 2.01. The minimum absolute atomic E-state index is 0.0580. The van der Waals surface area contributed by atoms with Crippen LogP contribution in [-0.2, 0) is 6.54 Å². The van der Waals surface area contributed by atoms with Crippen LogP contribution in [0.4, 0.5) is 0 Å². The zero-order chi connectivity index (χ0) is 8.43. The fraction of sp³-hybridized carbons (Fsp3) is 0.333. The smallest absolute Gasteiger partial charge is 0.358 e. The number of nitrogens with zero attached hydrogens (tertiary/aromatic N) is 1. The van der Waals surface area contributed by atoms with Gasteiger partial charge in [0.15, 0.2) is 17.3 Å². The maximum absolute atomic E-state index is 10.4. The second kappa shape index (κ2) is 2.71. The van der Waals surface area contributed by atoms with E-state index in [9.17, 15) is 4.79 Å². The third-order valence-electron chi connectivity index (χ3n) is 1.19. The van der Waals surface area contributed by atoms with Gasteiger partial charge in [-0.15, -0.1) is 0 Å². The van der Waals surface area contributed by atoms with Gasteiger partial charge in [-0.05, 0) is 0 Å². The monoisotopic (exact) mass is 156 g/mol. The molecule has 0 aliphatic heterocycles. The first kappa shape index (κ1) is 7.74. The Hall–Kier alpha value is -1.36. The SMILES string of the molecule is Cc1nc(C(=O)O)c(CN)o1. The van der Waals surface area contributed by atoms with E-state index in [2.05, 4.69) is 4.98 Å². The van der Waals surface area contributed by atoms with E-state index in [1.807, 2.05) is 0 Å². The number of hydrogen-bond acceptors (Lipinski definition) is 4. The van der Waals surface area contributed by atoms with Crippen molar-refractivity contribution < 1.29 is 14.3 Å². The molecule has 11 heavy (non-hydrogen) atoms. The van der Waals surface area contributed by atoms with Crippen LogP contribution in [0.3, 0.4) is 0 Å².